The van der Waals surface area contributed by atoms with Crippen LogP contribution in [0.15, 0.2) is 34.8 Å². The predicted octanol–water partition coefficient (Wildman–Crippen LogP) is 3.96. The lowest BCUT2D eigenvalue weighted by Crippen LogP contribution is -2.03. The summed E-state index contributed by atoms with van der Waals surface area (Å²) in [5.41, 5.74) is 7.91. The number of benzene rings is 2. The van der Waals surface area contributed by atoms with E-state index in [0.717, 1.165) is 0 Å². The van der Waals surface area contributed by atoms with Gasteiger partial charge in [-0.3, -0.25) is 4.57 Å². The van der Waals surface area contributed by atoms with E-state index in [4.69, 9.17) is 5.73 Å². The van der Waals surface area contributed by atoms with E-state index in [1.165, 1.54) is 12.1 Å². The molecule has 102 valence electrons. The Balaban J connectivity index is 2.39. The zero-order valence-electron chi connectivity index (χ0n) is 10.5. The van der Waals surface area contributed by atoms with Gasteiger partial charge >= 0.3 is 0 Å². The lowest BCUT2D eigenvalue weighted by atomic mass is 10.2. The van der Waals surface area contributed by atoms with Crippen LogP contribution in [0, 0.1) is 18.6 Å². The number of rotatable bonds is 1. The van der Waals surface area contributed by atoms with E-state index < -0.39 is 5.82 Å². The molecule has 0 amide bonds. The van der Waals surface area contributed by atoms with E-state index in [1.54, 1.807) is 29.7 Å². The summed E-state index contributed by atoms with van der Waals surface area (Å²) in [6.45, 7) is 1.64. The quantitative estimate of drug-likeness (QED) is 0.730. The zero-order valence-corrected chi connectivity index (χ0v) is 12.1. The fourth-order valence-electron chi connectivity index (χ4n) is 2.18. The first-order valence-corrected chi connectivity index (χ1v) is 6.67. The van der Waals surface area contributed by atoms with Gasteiger partial charge in [-0.1, -0.05) is 6.07 Å². The van der Waals surface area contributed by atoms with Crippen molar-refractivity contribution >= 4 is 32.9 Å². The van der Waals surface area contributed by atoms with Crippen LogP contribution in [0.4, 0.5) is 14.7 Å². The van der Waals surface area contributed by atoms with Crippen LogP contribution >= 0.6 is 15.9 Å². The third kappa shape index (κ3) is 1.87. The highest BCUT2D eigenvalue weighted by Crippen LogP contribution is 2.29. The molecular weight excluding hydrogens is 328 g/mol. The summed E-state index contributed by atoms with van der Waals surface area (Å²) in [4.78, 5) is 4.18. The topological polar surface area (TPSA) is 43.8 Å². The summed E-state index contributed by atoms with van der Waals surface area (Å²) in [6.07, 6.45) is 0. The normalized spacial score (nSPS) is 11.2. The van der Waals surface area contributed by atoms with E-state index in [9.17, 15) is 8.78 Å². The van der Waals surface area contributed by atoms with E-state index in [2.05, 4.69) is 20.9 Å². The number of anilines is 1. The van der Waals surface area contributed by atoms with Crippen LogP contribution in [0.1, 0.15) is 5.56 Å². The lowest BCUT2D eigenvalue weighted by Gasteiger charge is -2.10. The Morgan fingerprint density at radius 2 is 1.95 bits per heavy atom. The maximum Gasteiger partial charge on any atom is 0.205 e. The highest BCUT2D eigenvalue weighted by Gasteiger charge is 2.15. The van der Waals surface area contributed by atoms with Crippen LogP contribution in [0.3, 0.4) is 0 Å². The van der Waals surface area contributed by atoms with Crippen LogP contribution in [-0.2, 0) is 0 Å². The number of halogens is 3. The predicted molar refractivity (Wildman–Crippen MR) is 77.8 cm³/mol. The highest BCUT2D eigenvalue weighted by molar-refractivity contribution is 9.10. The molecule has 0 aliphatic heterocycles. The molecule has 1 heterocycles. The molecule has 1 aromatic heterocycles. The fourth-order valence-corrected chi connectivity index (χ4v) is 2.51. The molecule has 3 nitrogen and oxygen atoms in total. The summed E-state index contributed by atoms with van der Waals surface area (Å²) < 4.78 is 29.3. The second-order valence-electron chi connectivity index (χ2n) is 4.44. The number of hydrogen-bond donors (Lipinski definition) is 1. The Kier molecular flexibility index (Phi) is 2.97. The summed E-state index contributed by atoms with van der Waals surface area (Å²) in [6, 6.07) is 7.54. The van der Waals surface area contributed by atoms with Gasteiger partial charge < -0.3 is 5.73 Å². The Labute approximate surface area is 122 Å². The number of aromatic nitrogens is 2. The van der Waals surface area contributed by atoms with Crippen molar-refractivity contribution in [3.05, 3.63) is 52.0 Å². The molecule has 0 aliphatic carbocycles. The minimum atomic E-state index is -0.423. The Morgan fingerprint density at radius 3 is 2.70 bits per heavy atom. The van der Waals surface area contributed by atoms with Gasteiger partial charge in [0.05, 0.1) is 21.2 Å². The van der Waals surface area contributed by atoms with Gasteiger partial charge in [-0.05, 0) is 41.1 Å². The average molecular weight is 338 g/mol. The van der Waals surface area contributed by atoms with Crippen LogP contribution in [0.5, 0.6) is 0 Å². The minimum absolute atomic E-state index is 0.186. The molecule has 3 aromatic rings. The molecule has 0 atom stereocenters. The number of nitrogen functional groups attached to an aromatic ring is 1. The summed E-state index contributed by atoms with van der Waals surface area (Å²) in [5.74, 6) is -0.583. The van der Waals surface area contributed by atoms with Crippen molar-refractivity contribution in [3.8, 4) is 5.69 Å². The number of imidazole rings is 1. The van der Waals surface area contributed by atoms with Gasteiger partial charge in [-0.2, -0.15) is 0 Å². The Morgan fingerprint density at radius 1 is 1.20 bits per heavy atom. The van der Waals surface area contributed by atoms with Crippen molar-refractivity contribution in [2.24, 2.45) is 0 Å². The molecule has 0 bridgehead atoms. The third-order valence-electron chi connectivity index (χ3n) is 3.20. The third-order valence-corrected chi connectivity index (χ3v) is 3.81. The first-order chi connectivity index (χ1) is 9.49. The summed E-state index contributed by atoms with van der Waals surface area (Å²) in [5, 5.41) is 0. The number of nitrogens with zero attached hydrogens (tertiary/aromatic N) is 2. The smallest absolute Gasteiger partial charge is 0.205 e. The number of fused-ring (bicyclic) bond motifs is 1. The zero-order chi connectivity index (χ0) is 14.4. The van der Waals surface area contributed by atoms with E-state index in [0.29, 0.717) is 26.8 Å². The Bertz CT molecular complexity index is 827. The van der Waals surface area contributed by atoms with E-state index >= 15 is 0 Å². The van der Waals surface area contributed by atoms with E-state index in [1.807, 2.05) is 0 Å². The minimum Gasteiger partial charge on any atom is -0.369 e. The largest absolute Gasteiger partial charge is 0.369 e. The Hall–Kier alpha value is -1.95. The van der Waals surface area contributed by atoms with Crippen molar-refractivity contribution in [2.75, 3.05) is 5.73 Å². The average Bonchev–Trinajstić information content (AvgIpc) is 2.69. The van der Waals surface area contributed by atoms with Crippen molar-refractivity contribution in [1.82, 2.24) is 9.55 Å². The van der Waals surface area contributed by atoms with Crippen molar-refractivity contribution in [3.63, 3.8) is 0 Å². The van der Waals surface area contributed by atoms with Crippen molar-refractivity contribution in [2.45, 2.75) is 6.92 Å². The van der Waals surface area contributed by atoms with Gasteiger partial charge in [0.15, 0.2) is 0 Å². The molecule has 2 aromatic carbocycles. The van der Waals surface area contributed by atoms with Crippen molar-refractivity contribution < 1.29 is 8.78 Å². The molecule has 3 rings (SSSR count). The summed E-state index contributed by atoms with van der Waals surface area (Å²) in [7, 11) is 0. The van der Waals surface area contributed by atoms with Gasteiger partial charge in [-0.25, -0.2) is 13.8 Å². The van der Waals surface area contributed by atoms with Gasteiger partial charge in [0.2, 0.25) is 5.95 Å². The van der Waals surface area contributed by atoms with Crippen molar-refractivity contribution in [1.29, 1.82) is 0 Å². The van der Waals surface area contributed by atoms with Crippen LogP contribution < -0.4 is 5.73 Å². The molecular formula is C14H10BrF2N3. The monoisotopic (exact) mass is 337 g/mol. The molecule has 0 aliphatic rings. The van der Waals surface area contributed by atoms with Crippen LogP contribution in [0.2, 0.25) is 0 Å². The maximum absolute atomic E-state index is 13.7. The van der Waals surface area contributed by atoms with E-state index in [-0.39, 0.29) is 11.8 Å². The first kappa shape index (κ1) is 13.1. The SMILES string of the molecule is Cc1c(F)cccc1-n1c(N)nc2cc(Br)c(F)cc21. The second kappa shape index (κ2) is 4.56. The molecule has 0 saturated heterocycles. The second-order valence-corrected chi connectivity index (χ2v) is 5.30. The fraction of sp³-hybridized carbons (Fsp3) is 0.0714. The number of hydrogen-bond acceptors (Lipinski definition) is 2. The maximum atomic E-state index is 13.7. The van der Waals surface area contributed by atoms with Gasteiger partial charge in [0.1, 0.15) is 11.6 Å². The van der Waals surface area contributed by atoms with Crippen LogP contribution in [-0.4, -0.2) is 9.55 Å². The molecule has 0 spiro atoms. The molecule has 0 radical (unpaired) electrons. The summed E-state index contributed by atoms with van der Waals surface area (Å²) >= 11 is 3.11. The number of nitrogens with two attached hydrogens (primary N) is 1. The molecule has 20 heavy (non-hydrogen) atoms. The first-order valence-electron chi connectivity index (χ1n) is 5.87. The van der Waals surface area contributed by atoms with Crippen LogP contribution in [0.25, 0.3) is 16.7 Å². The molecule has 2 N–H and O–H groups in total. The molecule has 6 heteroatoms. The molecule has 0 fully saturated rings. The van der Waals surface area contributed by atoms with Gasteiger partial charge in [0, 0.05) is 11.6 Å². The molecule has 0 saturated carbocycles. The highest BCUT2D eigenvalue weighted by atomic mass is 79.9. The lowest BCUT2D eigenvalue weighted by molar-refractivity contribution is 0.617. The standard InChI is InChI=1S/C14H10BrF2N3/c1-7-9(16)3-2-4-12(7)20-13-6-10(17)8(15)5-11(13)19-14(20)18/h2-6H,1H3,(H2,18,19). The molecule has 0 unspecified atom stereocenters. The van der Waals surface area contributed by atoms with Gasteiger partial charge in [-0.15, -0.1) is 0 Å². The van der Waals surface area contributed by atoms with Gasteiger partial charge in [0.25, 0.3) is 0 Å².